The number of methoxy groups -OCH3 is 1. The van der Waals surface area contributed by atoms with Crippen molar-refractivity contribution in [1.29, 1.82) is 0 Å². The van der Waals surface area contributed by atoms with Crippen LogP contribution in [0, 0.1) is 16.7 Å². The Morgan fingerprint density at radius 1 is 1.16 bits per heavy atom. The van der Waals surface area contributed by atoms with E-state index in [9.17, 15) is 9.90 Å². The summed E-state index contributed by atoms with van der Waals surface area (Å²) >= 11 is 0. The second kappa shape index (κ2) is 9.11. The van der Waals surface area contributed by atoms with E-state index in [1.54, 1.807) is 7.11 Å². The minimum atomic E-state index is -0.602. The van der Waals surface area contributed by atoms with Gasteiger partial charge in [0.05, 0.1) is 12.7 Å². The molecule has 2 aliphatic rings. The molecule has 1 amide bonds. The molecule has 0 aromatic heterocycles. The molecule has 1 aromatic carbocycles. The maximum absolute atomic E-state index is 12.8. The Hall–Kier alpha value is -1.59. The van der Waals surface area contributed by atoms with Crippen LogP contribution in [0.4, 0.5) is 0 Å². The van der Waals surface area contributed by atoms with E-state index in [1.807, 2.05) is 31.2 Å². The van der Waals surface area contributed by atoms with E-state index < -0.39 is 5.60 Å². The summed E-state index contributed by atoms with van der Waals surface area (Å²) in [5, 5.41) is 17.8. The van der Waals surface area contributed by atoms with E-state index in [1.165, 1.54) is 0 Å². The molecule has 1 aromatic rings. The molecule has 0 saturated heterocycles. The Bertz CT molecular complexity index is 756. The van der Waals surface area contributed by atoms with Gasteiger partial charge in [-0.15, -0.1) is 0 Å². The number of rotatable bonds is 8. The molecule has 5 heteroatoms. The molecule has 3 N–H and O–H groups in total. The molecule has 0 unspecified atom stereocenters. The van der Waals surface area contributed by atoms with Crippen molar-refractivity contribution in [1.82, 2.24) is 10.6 Å². The lowest BCUT2D eigenvalue weighted by molar-refractivity contribution is -0.123. The Morgan fingerprint density at radius 2 is 1.84 bits per heavy atom. The van der Waals surface area contributed by atoms with Gasteiger partial charge < -0.3 is 20.5 Å². The maximum Gasteiger partial charge on any atom is 0.220 e. The van der Waals surface area contributed by atoms with Crippen molar-refractivity contribution in [3.8, 4) is 5.75 Å². The standard InChI is InChI=1S/C26H42N2O3/c1-18(2)28-22-16-24(3,4)21-15-25(5,30)13-14-26(21,22)12-11-23(29)27-17-19-7-9-20(31-6)10-8-19/h7-10,18,21-22,28,30H,11-17H2,1-6H3,(H,27,29)/t21-,22-,25-,26-/m0/s1. The summed E-state index contributed by atoms with van der Waals surface area (Å²) < 4.78 is 5.20. The molecule has 31 heavy (non-hydrogen) atoms. The van der Waals surface area contributed by atoms with Crippen LogP contribution in [0.15, 0.2) is 24.3 Å². The van der Waals surface area contributed by atoms with E-state index in [2.05, 4.69) is 38.3 Å². The molecule has 2 saturated carbocycles. The normalized spacial score (nSPS) is 32.0. The van der Waals surface area contributed by atoms with Crippen molar-refractivity contribution in [3.05, 3.63) is 29.8 Å². The van der Waals surface area contributed by atoms with Crippen LogP contribution in [0.3, 0.4) is 0 Å². The lowest BCUT2D eigenvalue weighted by Crippen LogP contribution is -2.52. The summed E-state index contributed by atoms with van der Waals surface area (Å²) in [7, 11) is 1.65. The summed E-state index contributed by atoms with van der Waals surface area (Å²) in [6.45, 7) is 11.6. The Balaban J connectivity index is 1.68. The highest BCUT2D eigenvalue weighted by atomic mass is 16.5. The second-order valence-corrected chi connectivity index (χ2v) is 11.2. The van der Waals surface area contributed by atoms with Crippen molar-refractivity contribution in [2.24, 2.45) is 16.7 Å². The molecule has 174 valence electrons. The Kier molecular flexibility index (Phi) is 7.07. The number of ether oxygens (including phenoxy) is 1. The highest BCUT2D eigenvalue weighted by Gasteiger charge is 2.61. The molecular formula is C26H42N2O3. The first kappa shape index (κ1) is 24.1. The minimum absolute atomic E-state index is 0.0630. The van der Waals surface area contributed by atoms with Gasteiger partial charge in [0.2, 0.25) is 5.91 Å². The van der Waals surface area contributed by atoms with Gasteiger partial charge in [-0.2, -0.15) is 0 Å². The van der Waals surface area contributed by atoms with Crippen LogP contribution < -0.4 is 15.4 Å². The highest BCUT2D eigenvalue weighted by Crippen LogP contribution is 2.63. The SMILES string of the molecule is COc1ccc(CNC(=O)CC[C@]23CC[C@](C)(O)C[C@H]2C(C)(C)C[C@@H]3NC(C)C)cc1. The molecule has 0 bridgehead atoms. The second-order valence-electron chi connectivity index (χ2n) is 11.2. The van der Waals surface area contributed by atoms with E-state index in [-0.39, 0.29) is 16.7 Å². The summed E-state index contributed by atoms with van der Waals surface area (Å²) in [4.78, 5) is 12.8. The van der Waals surface area contributed by atoms with Crippen LogP contribution in [0.25, 0.3) is 0 Å². The van der Waals surface area contributed by atoms with Gasteiger partial charge in [-0.3, -0.25) is 4.79 Å². The lowest BCUT2D eigenvalue weighted by Gasteiger charge is -2.51. The summed E-state index contributed by atoms with van der Waals surface area (Å²) in [6.07, 6.45) is 5.11. The molecule has 3 rings (SSSR count). The predicted octanol–water partition coefficient (Wildman–Crippen LogP) is 4.43. The van der Waals surface area contributed by atoms with Gasteiger partial charge in [-0.05, 0) is 73.5 Å². The number of hydrogen-bond donors (Lipinski definition) is 3. The average Bonchev–Trinajstić information content (AvgIpc) is 2.90. The zero-order valence-corrected chi connectivity index (χ0v) is 20.3. The molecule has 0 aliphatic heterocycles. The number of nitrogens with one attached hydrogen (secondary N) is 2. The molecule has 0 heterocycles. The van der Waals surface area contributed by atoms with Crippen LogP contribution >= 0.6 is 0 Å². The van der Waals surface area contributed by atoms with Gasteiger partial charge in [0.15, 0.2) is 0 Å². The first-order valence-electron chi connectivity index (χ1n) is 11.9. The van der Waals surface area contributed by atoms with Gasteiger partial charge in [-0.25, -0.2) is 0 Å². The van der Waals surface area contributed by atoms with Crippen LogP contribution in [0.2, 0.25) is 0 Å². The number of benzene rings is 1. The summed E-state index contributed by atoms with van der Waals surface area (Å²) in [5.41, 5.74) is 0.680. The van der Waals surface area contributed by atoms with Gasteiger partial charge in [-0.1, -0.05) is 39.8 Å². The van der Waals surface area contributed by atoms with Crippen molar-refractivity contribution < 1.29 is 14.6 Å². The Morgan fingerprint density at radius 3 is 2.45 bits per heavy atom. The fourth-order valence-electron chi connectivity index (χ4n) is 6.24. The summed E-state index contributed by atoms with van der Waals surface area (Å²) in [5.74, 6) is 1.34. The number of carbonyl (C=O) groups is 1. The average molecular weight is 431 g/mol. The number of fused-ring (bicyclic) bond motifs is 1. The third-order valence-corrected chi connectivity index (χ3v) is 7.84. The first-order valence-corrected chi connectivity index (χ1v) is 11.9. The van der Waals surface area contributed by atoms with E-state index >= 15 is 0 Å². The Labute approximate surface area is 188 Å². The van der Waals surface area contributed by atoms with Crippen LogP contribution in [0.1, 0.15) is 78.7 Å². The topological polar surface area (TPSA) is 70.6 Å². The maximum atomic E-state index is 12.8. The zero-order valence-electron chi connectivity index (χ0n) is 20.3. The number of carbonyl (C=O) groups excluding carboxylic acids is 1. The quantitative estimate of drug-likeness (QED) is 0.571. The zero-order chi connectivity index (χ0) is 22.9. The summed E-state index contributed by atoms with van der Waals surface area (Å²) in [6, 6.07) is 8.60. The third-order valence-electron chi connectivity index (χ3n) is 7.84. The largest absolute Gasteiger partial charge is 0.497 e. The van der Waals surface area contributed by atoms with Crippen molar-refractivity contribution >= 4 is 5.91 Å². The number of amides is 1. The molecule has 0 radical (unpaired) electrons. The highest BCUT2D eigenvalue weighted by molar-refractivity contribution is 5.76. The van der Waals surface area contributed by atoms with Crippen LogP contribution in [0.5, 0.6) is 5.75 Å². The molecule has 4 atom stereocenters. The molecule has 2 aliphatic carbocycles. The fraction of sp³-hybridized carbons (Fsp3) is 0.731. The van der Waals surface area contributed by atoms with E-state index in [0.29, 0.717) is 31.0 Å². The van der Waals surface area contributed by atoms with Crippen molar-refractivity contribution in [2.75, 3.05) is 7.11 Å². The van der Waals surface area contributed by atoms with Crippen molar-refractivity contribution in [3.63, 3.8) is 0 Å². The smallest absolute Gasteiger partial charge is 0.220 e. The number of aliphatic hydroxyl groups is 1. The van der Waals surface area contributed by atoms with Crippen molar-refractivity contribution in [2.45, 2.75) is 97.4 Å². The number of hydrogen-bond acceptors (Lipinski definition) is 4. The molecular weight excluding hydrogens is 388 g/mol. The van der Waals surface area contributed by atoms with E-state index in [4.69, 9.17) is 4.74 Å². The van der Waals surface area contributed by atoms with Gasteiger partial charge >= 0.3 is 0 Å². The molecule has 0 spiro atoms. The van der Waals surface area contributed by atoms with Gasteiger partial charge in [0.25, 0.3) is 0 Å². The van der Waals surface area contributed by atoms with Crippen LogP contribution in [-0.4, -0.2) is 35.8 Å². The third kappa shape index (κ3) is 5.43. The predicted molar refractivity (Wildman–Crippen MR) is 125 cm³/mol. The lowest BCUT2D eigenvalue weighted by atomic mass is 9.57. The minimum Gasteiger partial charge on any atom is -0.497 e. The fourth-order valence-corrected chi connectivity index (χ4v) is 6.24. The van der Waals surface area contributed by atoms with Gasteiger partial charge in [0.1, 0.15) is 5.75 Å². The van der Waals surface area contributed by atoms with E-state index in [0.717, 1.165) is 43.4 Å². The van der Waals surface area contributed by atoms with Gasteiger partial charge in [0, 0.05) is 25.0 Å². The van der Waals surface area contributed by atoms with Crippen LogP contribution in [-0.2, 0) is 11.3 Å². The monoisotopic (exact) mass is 430 g/mol. The molecule has 5 nitrogen and oxygen atoms in total. The molecule has 2 fully saturated rings. The first-order chi connectivity index (χ1) is 14.5.